The van der Waals surface area contributed by atoms with E-state index in [0.29, 0.717) is 21.1 Å². The Kier molecular flexibility index (Phi) is 5.66. The van der Waals surface area contributed by atoms with Crippen LogP contribution >= 0.6 is 23.1 Å². The van der Waals surface area contributed by atoms with Crippen molar-refractivity contribution in [3.8, 4) is 22.0 Å². The van der Waals surface area contributed by atoms with Gasteiger partial charge in [0.05, 0.1) is 5.75 Å². The van der Waals surface area contributed by atoms with Gasteiger partial charge in [0.25, 0.3) is 0 Å². The summed E-state index contributed by atoms with van der Waals surface area (Å²) >= 11 is 2.50. The highest BCUT2D eigenvalue weighted by Crippen LogP contribution is 2.41. The van der Waals surface area contributed by atoms with E-state index in [0.717, 1.165) is 24.0 Å². The van der Waals surface area contributed by atoms with Crippen molar-refractivity contribution in [2.45, 2.75) is 24.0 Å². The van der Waals surface area contributed by atoms with Crippen molar-refractivity contribution in [3.05, 3.63) is 60.2 Å². The van der Waals surface area contributed by atoms with Crippen LogP contribution in [0.15, 0.2) is 53.7 Å². The maximum Gasteiger partial charge on any atom is 0.236 e. The van der Waals surface area contributed by atoms with Crippen LogP contribution < -0.4 is 5.32 Å². The molecule has 0 spiro atoms. The van der Waals surface area contributed by atoms with Gasteiger partial charge in [0.1, 0.15) is 16.6 Å². The summed E-state index contributed by atoms with van der Waals surface area (Å²) in [7, 11) is 0. The monoisotopic (exact) mass is 470 g/mol. The minimum atomic E-state index is -0.328. The molecule has 162 valence electrons. The van der Waals surface area contributed by atoms with Gasteiger partial charge in [-0.15, -0.1) is 20.4 Å². The largest absolute Gasteiger partial charge is 0.300 e. The minimum absolute atomic E-state index is 0.125. The van der Waals surface area contributed by atoms with Gasteiger partial charge in [0.15, 0.2) is 11.0 Å². The molecule has 1 saturated carbocycles. The Labute approximate surface area is 189 Å². The van der Waals surface area contributed by atoms with Crippen molar-refractivity contribution >= 4 is 34.1 Å². The van der Waals surface area contributed by atoms with E-state index in [2.05, 4.69) is 25.7 Å². The summed E-state index contributed by atoms with van der Waals surface area (Å²) in [5, 5.41) is 20.9. The van der Waals surface area contributed by atoms with Crippen molar-refractivity contribution < 1.29 is 13.6 Å². The lowest BCUT2D eigenvalue weighted by Crippen LogP contribution is -2.14. The molecule has 2 heterocycles. The van der Waals surface area contributed by atoms with Gasteiger partial charge in [-0.05, 0) is 61.4 Å². The van der Waals surface area contributed by atoms with Crippen molar-refractivity contribution in [2.24, 2.45) is 0 Å². The first kappa shape index (κ1) is 20.7. The number of nitrogens with zero attached hydrogens (tertiary/aromatic N) is 5. The van der Waals surface area contributed by atoms with Crippen LogP contribution in [0.5, 0.6) is 0 Å². The number of aromatic nitrogens is 5. The third-order valence-corrected chi connectivity index (χ3v) is 6.60. The quantitative estimate of drug-likeness (QED) is 0.390. The molecule has 0 atom stereocenters. The SMILES string of the molecule is O=C(CSc1nnc(-c2ccc(F)cc2)n1C1CC1)Nc1nnc(-c2ccc(F)cc2)s1. The second-order valence-corrected chi connectivity index (χ2v) is 9.09. The Morgan fingerprint density at radius 1 is 0.969 bits per heavy atom. The third kappa shape index (κ3) is 4.53. The van der Waals surface area contributed by atoms with Crippen LogP contribution in [0, 0.1) is 11.6 Å². The highest BCUT2D eigenvalue weighted by Gasteiger charge is 2.30. The van der Waals surface area contributed by atoms with Gasteiger partial charge in [0.2, 0.25) is 11.0 Å². The molecular formula is C21H16F2N6OS2. The van der Waals surface area contributed by atoms with Gasteiger partial charge < -0.3 is 0 Å². The normalized spacial score (nSPS) is 13.3. The highest BCUT2D eigenvalue weighted by atomic mass is 32.2. The van der Waals surface area contributed by atoms with Crippen molar-refractivity contribution in [1.29, 1.82) is 0 Å². The first-order valence-corrected chi connectivity index (χ1v) is 11.6. The predicted octanol–water partition coefficient (Wildman–Crippen LogP) is 4.81. The molecule has 1 aliphatic rings. The molecule has 32 heavy (non-hydrogen) atoms. The molecule has 1 fully saturated rings. The number of anilines is 1. The van der Waals surface area contributed by atoms with Gasteiger partial charge in [-0.3, -0.25) is 14.7 Å². The van der Waals surface area contributed by atoms with E-state index in [-0.39, 0.29) is 29.3 Å². The molecule has 0 unspecified atom stereocenters. The molecule has 7 nitrogen and oxygen atoms in total. The molecular weight excluding hydrogens is 454 g/mol. The molecule has 0 aliphatic heterocycles. The number of carbonyl (C=O) groups excluding carboxylic acids is 1. The first-order valence-electron chi connectivity index (χ1n) is 9.80. The van der Waals surface area contributed by atoms with Crippen LogP contribution in [0.3, 0.4) is 0 Å². The average Bonchev–Trinajstić information content (AvgIpc) is 3.37. The zero-order valence-electron chi connectivity index (χ0n) is 16.5. The van der Waals surface area contributed by atoms with Crippen molar-refractivity contribution in [3.63, 3.8) is 0 Å². The summed E-state index contributed by atoms with van der Waals surface area (Å²) in [6, 6.07) is 12.3. The molecule has 4 aromatic rings. The van der Waals surface area contributed by atoms with Crippen LogP contribution in [-0.2, 0) is 4.79 Å². The fourth-order valence-corrected chi connectivity index (χ4v) is 4.67. The van der Waals surface area contributed by atoms with Crippen molar-refractivity contribution in [2.75, 3.05) is 11.1 Å². The number of halogens is 2. The Morgan fingerprint density at radius 3 is 2.28 bits per heavy atom. The molecule has 5 rings (SSSR count). The van der Waals surface area contributed by atoms with E-state index in [1.165, 1.54) is 47.4 Å². The summed E-state index contributed by atoms with van der Waals surface area (Å²) in [4.78, 5) is 12.4. The van der Waals surface area contributed by atoms with Crippen LogP contribution in [0.2, 0.25) is 0 Å². The molecule has 0 saturated heterocycles. The number of amides is 1. The second kappa shape index (κ2) is 8.75. The van der Waals surface area contributed by atoms with Crippen LogP contribution in [0.25, 0.3) is 22.0 Å². The summed E-state index contributed by atoms with van der Waals surface area (Å²) in [6.45, 7) is 0. The molecule has 0 bridgehead atoms. The number of nitrogens with one attached hydrogen (secondary N) is 1. The molecule has 2 aromatic carbocycles. The number of hydrogen-bond acceptors (Lipinski definition) is 7. The van der Waals surface area contributed by atoms with Gasteiger partial charge in [-0.25, -0.2) is 8.78 Å². The topological polar surface area (TPSA) is 85.6 Å². The van der Waals surface area contributed by atoms with Crippen molar-refractivity contribution in [1.82, 2.24) is 25.0 Å². The number of rotatable bonds is 7. The summed E-state index contributed by atoms with van der Waals surface area (Å²) in [6.07, 6.45) is 2.03. The molecule has 11 heteroatoms. The molecule has 1 amide bonds. The molecule has 2 aromatic heterocycles. The second-order valence-electron chi connectivity index (χ2n) is 7.17. The number of hydrogen-bond donors (Lipinski definition) is 1. The lowest BCUT2D eigenvalue weighted by atomic mass is 10.2. The van der Waals surface area contributed by atoms with E-state index < -0.39 is 0 Å². The van der Waals surface area contributed by atoms with E-state index in [1.54, 1.807) is 24.3 Å². The molecule has 1 N–H and O–H groups in total. The average molecular weight is 471 g/mol. The van der Waals surface area contributed by atoms with Gasteiger partial charge in [-0.2, -0.15) is 0 Å². The van der Waals surface area contributed by atoms with E-state index in [4.69, 9.17) is 0 Å². The maximum atomic E-state index is 13.3. The van der Waals surface area contributed by atoms with E-state index in [1.807, 2.05) is 4.57 Å². The first-order chi connectivity index (χ1) is 15.6. The highest BCUT2D eigenvalue weighted by molar-refractivity contribution is 7.99. The molecule has 0 radical (unpaired) electrons. The smallest absolute Gasteiger partial charge is 0.236 e. The Balaban J connectivity index is 1.25. The fraction of sp³-hybridized carbons (Fsp3) is 0.190. The van der Waals surface area contributed by atoms with Gasteiger partial charge in [0, 0.05) is 17.2 Å². The fourth-order valence-electron chi connectivity index (χ4n) is 3.10. The Bertz CT molecular complexity index is 1250. The third-order valence-electron chi connectivity index (χ3n) is 4.77. The van der Waals surface area contributed by atoms with Crippen LogP contribution in [-0.4, -0.2) is 36.6 Å². The zero-order chi connectivity index (χ0) is 22.1. The van der Waals surface area contributed by atoms with Crippen LogP contribution in [0.4, 0.5) is 13.9 Å². The summed E-state index contributed by atoms with van der Waals surface area (Å²) in [5.41, 5.74) is 1.51. The van der Waals surface area contributed by atoms with Gasteiger partial charge >= 0.3 is 0 Å². The predicted molar refractivity (Wildman–Crippen MR) is 118 cm³/mol. The lowest BCUT2D eigenvalue weighted by Gasteiger charge is -2.08. The molecule has 1 aliphatic carbocycles. The van der Waals surface area contributed by atoms with E-state index in [9.17, 15) is 13.6 Å². The summed E-state index contributed by atoms with van der Waals surface area (Å²) < 4.78 is 28.4. The van der Waals surface area contributed by atoms with Crippen LogP contribution in [0.1, 0.15) is 18.9 Å². The van der Waals surface area contributed by atoms with E-state index >= 15 is 0 Å². The number of carbonyl (C=O) groups is 1. The standard InChI is InChI=1S/C21H16F2N6OS2/c22-14-5-1-12(2-6-14)18-25-28-21(29(18)16-9-10-16)31-11-17(30)24-20-27-26-19(32-20)13-3-7-15(23)8-4-13/h1-8,16H,9-11H2,(H,24,27,30). The lowest BCUT2D eigenvalue weighted by molar-refractivity contribution is -0.113. The zero-order valence-corrected chi connectivity index (χ0v) is 18.2. The summed E-state index contributed by atoms with van der Waals surface area (Å²) in [5.74, 6) is -0.0871. The van der Waals surface area contributed by atoms with Gasteiger partial charge in [-0.1, -0.05) is 23.1 Å². The number of benzene rings is 2. The number of thioether (sulfide) groups is 1. The minimum Gasteiger partial charge on any atom is -0.300 e. The Morgan fingerprint density at radius 2 is 1.62 bits per heavy atom. The Hall–Kier alpha value is -3.18. The maximum absolute atomic E-state index is 13.3.